The van der Waals surface area contributed by atoms with Crippen LogP contribution in [-0.2, 0) is 4.79 Å². The van der Waals surface area contributed by atoms with Gasteiger partial charge in [-0.15, -0.1) is 10.2 Å². The molecule has 1 heterocycles. The van der Waals surface area contributed by atoms with Gasteiger partial charge in [-0.2, -0.15) is 0 Å². The molecule has 0 spiro atoms. The second-order valence-corrected chi connectivity index (χ2v) is 7.55. The van der Waals surface area contributed by atoms with Crippen LogP contribution in [0.3, 0.4) is 0 Å². The lowest BCUT2D eigenvalue weighted by Crippen LogP contribution is -2.32. The minimum absolute atomic E-state index is 0.0643. The van der Waals surface area contributed by atoms with Gasteiger partial charge in [0.15, 0.2) is 4.34 Å². The summed E-state index contributed by atoms with van der Waals surface area (Å²) in [5.74, 6) is -0.547. The Bertz CT molecular complexity index is 589. The summed E-state index contributed by atoms with van der Waals surface area (Å²) in [6, 6.07) is 10.4. The first-order chi connectivity index (χ1) is 10.2. The first-order valence-corrected chi connectivity index (χ1v) is 8.70. The fraction of sp³-hybridized carbons (Fsp3) is 0.400. The smallest absolute Gasteiger partial charge is 0.307 e. The van der Waals surface area contributed by atoms with Gasteiger partial charge in [0, 0.05) is 5.25 Å². The number of carboxylic acids is 1. The van der Waals surface area contributed by atoms with Gasteiger partial charge in [-0.1, -0.05) is 53.4 Å². The Kier molecular flexibility index (Phi) is 4.55. The van der Waals surface area contributed by atoms with Crippen molar-refractivity contribution in [3.05, 3.63) is 41.4 Å². The molecule has 1 aromatic heterocycles. The summed E-state index contributed by atoms with van der Waals surface area (Å²) >= 11 is 3.05. The monoisotopic (exact) mass is 320 g/mol. The molecule has 1 aromatic carbocycles. The van der Waals surface area contributed by atoms with E-state index in [1.807, 2.05) is 18.2 Å². The molecule has 6 heteroatoms. The van der Waals surface area contributed by atoms with Crippen molar-refractivity contribution in [1.82, 2.24) is 10.2 Å². The van der Waals surface area contributed by atoms with E-state index >= 15 is 0 Å². The molecule has 0 bridgehead atoms. The van der Waals surface area contributed by atoms with Crippen LogP contribution in [0.5, 0.6) is 0 Å². The summed E-state index contributed by atoms with van der Waals surface area (Å²) in [6.07, 6.45) is 2.55. The standard InChI is InChI=1S/C15H16N2O2S2/c18-14(19)12-7-6-11(10-4-2-1-3-5-10)8-13(12)21-15-17-16-9-20-15/h1-5,9,11-13H,6-8H2,(H,18,19). The Morgan fingerprint density at radius 1 is 1.29 bits per heavy atom. The number of thioether (sulfide) groups is 1. The Morgan fingerprint density at radius 2 is 2.10 bits per heavy atom. The highest BCUT2D eigenvalue weighted by Crippen LogP contribution is 2.43. The van der Waals surface area contributed by atoms with Crippen LogP contribution >= 0.6 is 23.1 Å². The zero-order valence-corrected chi connectivity index (χ0v) is 13.0. The quantitative estimate of drug-likeness (QED) is 0.931. The van der Waals surface area contributed by atoms with E-state index in [-0.39, 0.29) is 11.2 Å². The second-order valence-electron chi connectivity index (χ2n) is 5.23. The van der Waals surface area contributed by atoms with E-state index < -0.39 is 5.97 Å². The lowest BCUT2D eigenvalue weighted by atomic mass is 9.78. The molecular weight excluding hydrogens is 304 g/mol. The van der Waals surface area contributed by atoms with Gasteiger partial charge in [0.2, 0.25) is 0 Å². The SMILES string of the molecule is O=C(O)C1CCC(c2ccccc2)CC1Sc1nncs1. The van der Waals surface area contributed by atoms with E-state index in [0.29, 0.717) is 5.92 Å². The Balaban J connectivity index is 1.77. The number of carbonyl (C=O) groups is 1. The minimum atomic E-state index is -0.691. The van der Waals surface area contributed by atoms with Crippen LogP contribution in [0.15, 0.2) is 40.2 Å². The molecule has 1 fully saturated rings. The zero-order valence-electron chi connectivity index (χ0n) is 11.4. The molecular formula is C15H16N2O2S2. The molecule has 1 aliphatic carbocycles. The molecule has 3 rings (SSSR count). The first kappa shape index (κ1) is 14.5. The molecule has 0 aliphatic heterocycles. The number of carboxylic acid groups (broad SMARTS) is 1. The predicted octanol–water partition coefficient (Wildman–Crippen LogP) is 3.67. The molecule has 2 aromatic rings. The van der Waals surface area contributed by atoms with Gasteiger partial charge >= 0.3 is 5.97 Å². The van der Waals surface area contributed by atoms with Crippen LogP contribution < -0.4 is 0 Å². The van der Waals surface area contributed by atoms with Crippen molar-refractivity contribution in [2.24, 2.45) is 5.92 Å². The average Bonchev–Trinajstić information content (AvgIpc) is 3.01. The normalized spacial score (nSPS) is 25.6. The number of aliphatic carboxylic acids is 1. The number of rotatable bonds is 4. The topological polar surface area (TPSA) is 63.1 Å². The van der Waals surface area contributed by atoms with Crippen LogP contribution in [0, 0.1) is 5.92 Å². The number of aromatic nitrogens is 2. The Morgan fingerprint density at radius 3 is 2.76 bits per heavy atom. The summed E-state index contributed by atoms with van der Waals surface area (Å²) < 4.78 is 0.861. The van der Waals surface area contributed by atoms with Gasteiger partial charge in [-0.05, 0) is 30.7 Å². The lowest BCUT2D eigenvalue weighted by Gasteiger charge is -2.33. The van der Waals surface area contributed by atoms with Crippen molar-refractivity contribution in [2.45, 2.75) is 34.8 Å². The summed E-state index contributed by atoms with van der Waals surface area (Å²) in [4.78, 5) is 11.5. The maximum atomic E-state index is 11.5. The average molecular weight is 320 g/mol. The third kappa shape index (κ3) is 3.44. The predicted molar refractivity (Wildman–Crippen MR) is 83.7 cm³/mol. The van der Waals surface area contributed by atoms with Crippen molar-refractivity contribution in [3.63, 3.8) is 0 Å². The van der Waals surface area contributed by atoms with Crippen LogP contribution in [0.2, 0.25) is 0 Å². The Labute approximate surface area is 131 Å². The summed E-state index contributed by atoms with van der Waals surface area (Å²) in [7, 11) is 0. The number of benzene rings is 1. The molecule has 0 amide bonds. The molecule has 3 unspecified atom stereocenters. The molecule has 4 nitrogen and oxygen atoms in total. The van der Waals surface area contributed by atoms with Crippen molar-refractivity contribution < 1.29 is 9.90 Å². The highest BCUT2D eigenvalue weighted by atomic mass is 32.2. The highest BCUT2D eigenvalue weighted by molar-refractivity contribution is 8.01. The molecule has 21 heavy (non-hydrogen) atoms. The molecule has 1 saturated carbocycles. The molecule has 0 saturated heterocycles. The zero-order chi connectivity index (χ0) is 14.7. The maximum Gasteiger partial charge on any atom is 0.307 e. The first-order valence-electron chi connectivity index (χ1n) is 6.94. The molecule has 3 atom stereocenters. The van der Waals surface area contributed by atoms with Crippen LogP contribution in [0.25, 0.3) is 0 Å². The van der Waals surface area contributed by atoms with Gasteiger partial charge in [-0.25, -0.2) is 0 Å². The van der Waals surface area contributed by atoms with Crippen molar-refractivity contribution in [1.29, 1.82) is 0 Å². The van der Waals surface area contributed by atoms with E-state index in [2.05, 4.69) is 22.3 Å². The van der Waals surface area contributed by atoms with Gasteiger partial charge in [0.05, 0.1) is 5.92 Å². The van der Waals surface area contributed by atoms with E-state index in [0.717, 1.165) is 23.6 Å². The van der Waals surface area contributed by atoms with Crippen molar-refractivity contribution >= 4 is 29.1 Å². The lowest BCUT2D eigenvalue weighted by molar-refractivity contribution is -0.142. The van der Waals surface area contributed by atoms with E-state index in [9.17, 15) is 9.90 Å². The van der Waals surface area contributed by atoms with Crippen molar-refractivity contribution in [3.8, 4) is 0 Å². The maximum absolute atomic E-state index is 11.5. The van der Waals surface area contributed by atoms with E-state index in [1.54, 1.807) is 17.3 Å². The molecule has 110 valence electrons. The third-order valence-electron chi connectivity index (χ3n) is 3.97. The Hall–Kier alpha value is -1.40. The summed E-state index contributed by atoms with van der Waals surface area (Å²) in [5.41, 5.74) is 3.00. The fourth-order valence-electron chi connectivity index (χ4n) is 2.91. The van der Waals surface area contributed by atoms with Crippen LogP contribution in [0.1, 0.15) is 30.7 Å². The number of hydrogen-bond acceptors (Lipinski definition) is 5. The molecule has 1 N–H and O–H groups in total. The minimum Gasteiger partial charge on any atom is -0.481 e. The van der Waals surface area contributed by atoms with Gasteiger partial charge in [-0.3, -0.25) is 4.79 Å². The number of hydrogen-bond donors (Lipinski definition) is 1. The largest absolute Gasteiger partial charge is 0.481 e. The molecule has 0 radical (unpaired) electrons. The van der Waals surface area contributed by atoms with Crippen LogP contribution in [0.4, 0.5) is 0 Å². The number of nitrogens with zero attached hydrogens (tertiary/aromatic N) is 2. The van der Waals surface area contributed by atoms with Gasteiger partial charge in [0.25, 0.3) is 0 Å². The van der Waals surface area contributed by atoms with Crippen molar-refractivity contribution in [2.75, 3.05) is 0 Å². The summed E-state index contributed by atoms with van der Waals surface area (Å²) in [6.45, 7) is 0. The third-order valence-corrected chi connectivity index (χ3v) is 6.14. The fourth-order valence-corrected chi connectivity index (χ4v) is 5.01. The summed E-state index contributed by atoms with van der Waals surface area (Å²) in [5, 5.41) is 17.4. The molecule has 1 aliphatic rings. The van der Waals surface area contributed by atoms with Crippen LogP contribution in [-0.4, -0.2) is 26.5 Å². The van der Waals surface area contributed by atoms with Gasteiger partial charge < -0.3 is 5.11 Å². The van der Waals surface area contributed by atoms with Gasteiger partial charge in [0.1, 0.15) is 5.51 Å². The highest BCUT2D eigenvalue weighted by Gasteiger charge is 2.36. The van der Waals surface area contributed by atoms with E-state index in [1.165, 1.54) is 16.9 Å². The van der Waals surface area contributed by atoms with E-state index in [4.69, 9.17) is 0 Å². The second kappa shape index (κ2) is 6.58.